The van der Waals surface area contributed by atoms with Gasteiger partial charge in [0.1, 0.15) is 10.8 Å². The first kappa shape index (κ1) is 18.6. The lowest BCUT2D eigenvalue weighted by Crippen LogP contribution is -2.26. The summed E-state index contributed by atoms with van der Waals surface area (Å²) >= 11 is 1.44. The number of benzene rings is 1. The Kier molecular flexibility index (Phi) is 5.71. The molecular weight excluding hydrogens is 351 g/mol. The molecule has 2 amide bonds. The summed E-state index contributed by atoms with van der Waals surface area (Å²) in [6, 6.07) is 5.86. The zero-order valence-electron chi connectivity index (χ0n) is 15.0. The van der Waals surface area contributed by atoms with Gasteiger partial charge in [0.25, 0.3) is 11.8 Å². The molecule has 2 N–H and O–H groups in total. The van der Waals surface area contributed by atoms with Gasteiger partial charge in [-0.05, 0) is 49.3 Å². The van der Waals surface area contributed by atoms with Gasteiger partial charge < -0.3 is 10.6 Å². The van der Waals surface area contributed by atoms with E-state index in [0.717, 1.165) is 36.1 Å². The molecule has 1 aliphatic rings. The highest BCUT2D eigenvalue weighted by atomic mass is 32.1. The minimum atomic E-state index is -0.572. The molecule has 0 saturated heterocycles. The van der Waals surface area contributed by atoms with Gasteiger partial charge in [0.15, 0.2) is 0 Å². The number of rotatable bonds is 5. The lowest BCUT2D eigenvalue weighted by Gasteiger charge is -2.18. The number of hydrogen-bond donors (Lipinski definition) is 2. The molecular formula is C20H23FN2O2S. The summed E-state index contributed by atoms with van der Waals surface area (Å²) < 4.78 is 13.9. The molecule has 1 atom stereocenters. The Balaban J connectivity index is 1.94. The SMILES string of the molecule is CCCNC(=O)c1c(NC(=O)c2ccccc2F)sc2c1CC[C@@H](C)C2. The number of hydrogen-bond acceptors (Lipinski definition) is 3. The maximum Gasteiger partial charge on any atom is 0.259 e. The molecule has 1 aromatic heterocycles. The summed E-state index contributed by atoms with van der Waals surface area (Å²) in [5.74, 6) is -0.707. The van der Waals surface area contributed by atoms with Crippen LogP contribution < -0.4 is 10.6 Å². The highest BCUT2D eigenvalue weighted by molar-refractivity contribution is 7.17. The van der Waals surface area contributed by atoms with E-state index in [9.17, 15) is 14.0 Å². The third kappa shape index (κ3) is 3.80. The number of anilines is 1. The Morgan fingerprint density at radius 2 is 2.04 bits per heavy atom. The molecule has 138 valence electrons. The largest absolute Gasteiger partial charge is 0.352 e. The average Bonchev–Trinajstić information content (AvgIpc) is 2.96. The van der Waals surface area contributed by atoms with Crippen molar-refractivity contribution in [2.45, 2.75) is 39.5 Å². The lowest BCUT2D eigenvalue weighted by atomic mass is 9.88. The monoisotopic (exact) mass is 374 g/mol. The molecule has 1 aromatic carbocycles. The van der Waals surface area contributed by atoms with Crippen molar-refractivity contribution >= 4 is 28.2 Å². The second kappa shape index (κ2) is 7.99. The molecule has 2 aromatic rings. The van der Waals surface area contributed by atoms with Gasteiger partial charge in [-0.3, -0.25) is 9.59 Å². The molecule has 4 nitrogen and oxygen atoms in total. The van der Waals surface area contributed by atoms with Crippen LogP contribution in [-0.2, 0) is 12.8 Å². The van der Waals surface area contributed by atoms with Gasteiger partial charge in [0.05, 0.1) is 11.1 Å². The molecule has 1 heterocycles. The van der Waals surface area contributed by atoms with Crippen molar-refractivity contribution in [3.8, 4) is 0 Å². The van der Waals surface area contributed by atoms with Gasteiger partial charge in [-0.1, -0.05) is 26.0 Å². The Bertz CT molecular complexity index is 831. The average molecular weight is 374 g/mol. The van der Waals surface area contributed by atoms with Gasteiger partial charge in [-0.15, -0.1) is 11.3 Å². The Morgan fingerprint density at radius 3 is 2.77 bits per heavy atom. The Morgan fingerprint density at radius 1 is 1.27 bits per heavy atom. The van der Waals surface area contributed by atoms with Crippen LogP contribution >= 0.6 is 11.3 Å². The van der Waals surface area contributed by atoms with Crippen LogP contribution in [0.4, 0.5) is 9.39 Å². The standard InChI is InChI=1S/C20H23FN2O2S/c1-3-10-22-19(25)17-14-9-8-12(2)11-16(14)26-20(17)23-18(24)13-6-4-5-7-15(13)21/h4-7,12H,3,8-11H2,1-2H3,(H,22,25)(H,23,24)/t12-/m1/s1. The second-order valence-electron chi connectivity index (χ2n) is 6.75. The third-order valence-corrected chi connectivity index (χ3v) is 5.79. The van der Waals surface area contributed by atoms with Gasteiger partial charge in [0, 0.05) is 11.4 Å². The van der Waals surface area contributed by atoms with Crippen molar-refractivity contribution in [1.29, 1.82) is 0 Å². The smallest absolute Gasteiger partial charge is 0.259 e. The molecule has 0 unspecified atom stereocenters. The second-order valence-corrected chi connectivity index (χ2v) is 7.85. The maximum atomic E-state index is 13.9. The van der Waals surface area contributed by atoms with Crippen molar-refractivity contribution < 1.29 is 14.0 Å². The van der Waals surface area contributed by atoms with Crippen molar-refractivity contribution in [3.05, 3.63) is 51.7 Å². The first-order valence-electron chi connectivity index (χ1n) is 8.99. The van der Waals surface area contributed by atoms with Crippen molar-refractivity contribution in [2.75, 3.05) is 11.9 Å². The van der Waals surface area contributed by atoms with Crippen LogP contribution in [0.25, 0.3) is 0 Å². The van der Waals surface area contributed by atoms with E-state index >= 15 is 0 Å². The van der Waals surface area contributed by atoms with Crippen LogP contribution in [0.2, 0.25) is 0 Å². The topological polar surface area (TPSA) is 58.2 Å². The minimum Gasteiger partial charge on any atom is -0.352 e. The molecule has 0 aliphatic heterocycles. The van der Waals surface area contributed by atoms with Crippen LogP contribution in [0.3, 0.4) is 0 Å². The summed E-state index contributed by atoms with van der Waals surface area (Å²) in [7, 11) is 0. The quantitative estimate of drug-likeness (QED) is 0.815. The highest BCUT2D eigenvalue weighted by Gasteiger charge is 2.28. The van der Waals surface area contributed by atoms with Crippen LogP contribution in [0, 0.1) is 11.7 Å². The van der Waals surface area contributed by atoms with Crippen LogP contribution in [0.1, 0.15) is 57.8 Å². The molecule has 0 saturated carbocycles. The fourth-order valence-electron chi connectivity index (χ4n) is 3.22. The Hall–Kier alpha value is -2.21. The first-order chi connectivity index (χ1) is 12.5. The summed E-state index contributed by atoms with van der Waals surface area (Å²) in [5, 5.41) is 6.20. The molecule has 0 bridgehead atoms. The first-order valence-corrected chi connectivity index (χ1v) is 9.81. The van der Waals surface area contributed by atoms with E-state index in [-0.39, 0.29) is 11.5 Å². The summed E-state index contributed by atoms with van der Waals surface area (Å²) in [4.78, 5) is 26.4. The van der Waals surface area contributed by atoms with E-state index in [2.05, 4.69) is 17.6 Å². The van der Waals surface area contributed by atoms with E-state index in [4.69, 9.17) is 0 Å². The van der Waals surface area contributed by atoms with E-state index in [1.807, 2.05) is 6.92 Å². The number of carbonyl (C=O) groups excluding carboxylic acids is 2. The number of halogens is 1. The van der Waals surface area contributed by atoms with E-state index in [1.165, 1.54) is 23.5 Å². The zero-order chi connectivity index (χ0) is 18.7. The predicted molar refractivity (Wildman–Crippen MR) is 102 cm³/mol. The zero-order valence-corrected chi connectivity index (χ0v) is 15.8. The molecule has 6 heteroatoms. The molecule has 26 heavy (non-hydrogen) atoms. The van der Waals surface area contributed by atoms with Crippen molar-refractivity contribution in [2.24, 2.45) is 5.92 Å². The Labute approximate surface area is 156 Å². The fraction of sp³-hybridized carbons (Fsp3) is 0.400. The molecule has 0 fully saturated rings. The van der Waals surface area contributed by atoms with E-state index in [0.29, 0.717) is 23.0 Å². The van der Waals surface area contributed by atoms with Gasteiger partial charge in [0.2, 0.25) is 0 Å². The highest BCUT2D eigenvalue weighted by Crippen LogP contribution is 2.39. The van der Waals surface area contributed by atoms with Crippen LogP contribution in [0.15, 0.2) is 24.3 Å². The van der Waals surface area contributed by atoms with Gasteiger partial charge in [-0.25, -0.2) is 4.39 Å². The molecule has 1 aliphatic carbocycles. The number of nitrogens with one attached hydrogen (secondary N) is 2. The third-order valence-electron chi connectivity index (χ3n) is 4.62. The normalized spacial score (nSPS) is 16.0. The van der Waals surface area contributed by atoms with E-state index < -0.39 is 11.7 Å². The molecule has 3 rings (SSSR count). The van der Waals surface area contributed by atoms with E-state index in [1.54, 1.807) is 12.1 Å². The summed E-state index contributed by atoms with van der Waals surface area (Å²) in [6.07, 6.45) is 3.60. The van der Waals surface area contributed by atoms with Crippen LogP contribution in [-0.4, -0.2) is 18.4 Å². The number of carbonyl (C=O) groups is 2. The van der Waals surface area contributed by atoms with Crippen molar-refractivity contribution in [3.63, 3.8) is 0 Å². The maximum absolute atomic E-state index is 13.9. The predicted octanol–water partition coefficient (Wildman–Crippen LogP) is 4.40. The minimum absolute atomic E-state index is 0.0212. The van der Waals surface area contributed by atoms with Gasteiger partial charge >= 0.3 is 0 Å². The van der Waals surface area contributed by atoms with Crippen LogP contribution in [0.5, 0.6) is 0 Å². The number of amides is 2. The number of thiophene rings is 1. The summed E-state index contributed by atoms with van der Waals surface area (Å²) in [5.41, 5.74) is 1.56. The van der Waals surface area contributed by atoms with Gasteiger partial charge in [-0.2, -0.15) is 0 Å². The van der Waals surface area contributed by atoms with Crippen molar-refractivity contribution in [1.82, 2.24) is 5.32 Å². The lowest BCUT2D eigenvalue weighted by molar-refractivity contribution is 0.0953. The number of fused-ring (bicyclic) bond motifs is 1. The molecule has 0 radical (unpaired) electrons. The molecule has 0 spiro atoms. The summed E-state index contributed by atoms with van der Waals surface area (Å²) in [6.45, 7) is 4.77. The fourth-order valence-corrected chi connectivity index (χ4v) is 4.63.